The second-order valence-electron chi connectivity index (χ2n) is 4.83. The molecule has 0 aliphatic heterocycles. The number of anilines is 1. The van der Waals surface area contributed by atoms with Gasteiger partial charge in [-0.15, -0.1) is 0 Å². The zero-order chi connectivity index (χ0) is 18.1. The van der Waals surface area contributed by atoms with E-state index in [0.29, 0.717) is 18.0 Å². The molecule has 0 saturated carbocycles. The summed E-state index contributed by atoms with van der Waals surface area (Å²) in [5.41, 5.74) is 0.552. The van der Waals surface area contributed by atoms with Crippen LogP contribution in [-0.4, -0.2) is 37.5 Å². The minimum atomic E-state index is -0.734. The number of furan rings is 1. The molecule has 0 unspecified atom stereocenters. The molecular formula is C17H18N2O6. The lowest BCUT2D eigenvalue weighted by Crippen LogP contribution is -2.32. The molecule has 1 aromatic carbocycles. The molecule has 1 aromatic heterocycles. The van der Waals surface area contributed by atoms with Crippen molar-refractivity contribution < 1.29 is 28.3 Å². The predicted molar refractivity (Wildman–Crippen MR) is 88.2 cm³/mol. The third-order valence-corrected chi connectivity index (χ3v) is 2.95. The van der Waals surface area contributed by atoms with Crippen LogP contribution in [0.2, 0.25) is 0 Å². The standard InChI is InChI=1S/C17H18N2O6/c1-2-23-13-7-5-12(6-8-13)19-15(20)11-25-16(21)10-18-17(22)14-4-3-9-24-14/h3-9H,2,10-11H2,1H3,(H,18,22)(H,19,20). The lowest BCUT2D eigenvalue weighted by atomic mass is 10.3. The number of rotatable bonds is 8. The van der Waals surface area contributed by atoms with Crippen molar-refractivity contribution in [3.05, 3.63) is 48.4 Å². The maximum atomic E-state index is 11.7. The van der Waals surface area contributed by atoms with Gasteiger partial charge in [0.2, 0.25) is 0 Å². The second kappa shape index (κ2) is 9.11. The largest absolute Gasteiger partial charge is 0.494 e. The molecule has 8 nitrogen and oxygen atoms in total. The van der Waals surface area contributed by atoms with Crippen LogP contribution in [0.15, 0.2) is 47.1 Å². The molecule has 132 valence electrons. The Morgan fingerprint density at radius 2 is 1.88 bits per heavy atom. The predicted octanol–water partition coefficient (Wildman–Crippen LogP) is 1.59. The summed E-state index contributed by atoms with van der Waals surface area (Å²) in [4.78, 5) is 34.8. The van der Waals surface area contributed by atoms with Crippen LogP contribution in [0.4, 0.5) is 5.69 Å². The van der Waals surface area contributed by atoms with Gasteiger partial charge < -0.3 is 24.5 Å². The van der Waals surface area contributed by atoms with E-state index in [1.165, 1.54) is 12.3 Å². The highest BCUT2D eigenvalue weighted by atomic mass is 16.5. The fourth-order valence-corrected chi connectivity index (χ4v) is 1.84. The van der Waals surface area contributed by atoms with Gasteiger partial charge in [0.15, 0.2) is 12.4 Å². The van der Waals surface area contributed by atoms with Crippen molar-refractivity contribution >= 4 is 23.5 Å². The van der Waals surface area contributed by atoms with Gasteiger partial charge >= 0.3 is 5.97 Å². The van der Waals surface area contributed by atoms with Gasteiger partial charge in [0.05, 0.1) is 12.9 Å². The van der Waals surface area contributed by atoms with E-state index < -0.39 is 24.4 Å². The number of esters is 1. The highest BCUT2D eigenvalue weighted by Gasteiger charge is 2.12. The number of hydrogen-bond acceptors (Lipinski definition) is 6. The topological polar surface area (TPSA) is 107 Å². The van der Waals surface area contributed by atoms with Crippen molar-refractivity contribution in [1.82, 2.24) is 5.32 Å². The Morgan fingerprint density at radius 1 is 1.12 bits per heavy atom. The first kappa shape index (κ1) is 18.1. The van der Waals surface area contributed by atoms with Gasteiger partial charge in [0.25, 0.3) is 11.8 Å². The normalized spacial score (nSPS) is 9.96. The molecule has 0 aliphatic rings. The fraction of sp³-hybridized carbons (Fsp3) is 0.235. The summed E-state index contributed by atoms with van der Waals surface area (Å²) in [6, 6.07) is 9.80. The van der Waals surface area contributed by atoms with Crippen LogP contribution < -0.4 is 15.4 Å². The molecule has 0 radical (unpaired) electrons. The zero-order valence-corrected chi connectivity index (χ0v) is 13.6. The van der Waals surface area contributed by atoms with Gasteiger partial charge in [0, 0.05) is 5.69 Å². The number of carbonyl (C=O) groups excluding carboxylic acids is 3. The number of carbonyl (C=O) groups is 3. The van der Waals surface area contributed by atoms with Crippen molar-refractivity contribution in [3.8, 4) is 5.75 Å². The van der Waals surface area contributed by atoms with Crippen LogP contribution in [0.1, 0.15) is 17.5 Å². The van der Waals surface area contributed by atoms with Crippen molar-refractivity contribution in [3.63, 3.8) is 0 Å². The van der Waals surface area contributed by atoms with Gasteiger partial charge in [-0.25, -0.2) is 0 Å². The lowest BCUT2D eigenvalue weighted by Gasteiger charge is -2.08. The Labute approximate surface area is 144 Å². The van der Waals surface area contributed by atoms with Crippen molar-refractivity contribution in [2.75, 3.05) is 25.1 Å². The van der Waals surface area contributed by atoms with E-state index in [2.05, 4.69) is 10.6 Å². The average molecular weight is 346 g/mol. The first-order chi connectivity index (χ1) is 12.1. The number of amides is 2. The van der Waals surface area contributed by atoms with Crippen LogP contribution in [0.3, 0.4) is 0 Å². The highest BCUT2D eigenvalue weighted by molar-refractivity contribution is 5.95. The van der Waals surface area contributed by atoms with Crippen LogP contribution in [0.25, 0.3) is 0 Å². The monoisotopic (exact) mass is 346 g/mol. The SMILES string of the molecule is CCOc1ccc(NC(=O)COC(=O)CNC(=O)c2ccco2)cc1. The molecular weight excluding hydrogens is 328 g/mol. The van der Waals surface area contributed by atoms with Crippen molar-refractivity contribution in [2.45, 2.75) is 6.92 Å². The molecule has 8 heteroatoms. The molecule has 0 saturated heterocycles. The molecule has 25 heavy (non-hydrogen) atoms. The Kier molecular flexibility index (Phi) is 6.58. The average Bonchev–Trinajstić information content (AvgIpc) is 3.14. The molecule has 0 aliphatic carbocycles. The Bertz CT molecular complexity index is 709. The maximum Gasteiger partial charge on any atom is 0.325 e. The third-order valence-electron chi connectivity index (χ3n) is 2.95. The molecule has 2 aromatic rings. The van der Waals surface area contributed by atoms with E-state index in [-0.39, 0.29) is 12.3 Å². The summed E-state index contributed by atoms with van der Waals surface area (Å²) >= 11 is 0. The van der Waals surface area contributed by atoms with Crippen LogP contribution in [0.5, 0.6) is 5.75 Å². The smallest absolute Gasteiger partial charge is 0.325 e. The minimum absolute atomic E-state index is 0.0843. The van der Waals surface area contributed by atoms with E-state index in [9.17, 15) is 14.4 Å². The van der Waals surface area contributed by atoms with Gasteiger partial charge in [-0.2, -0.15) is 0 Å². The van der Waals surface area contributed by atoms with Crippen LogP contribution in [0, 0.1) is 0 Å². The second-order valence-corrected chi connectivity index (χ2v) is 4.83. The summed E-state index contributed by atoms with van der Waals surface area (Å²) in [7, 11) is 0. The third kappa shape index (κ3) is 6.02. The Hall–Kier alpha value is -3.29. The fourth-order valence-electron chi connectivity index (χ4n) is 1.84. The molecule has 0 bridgehead atoms. The Morgan fingerprint density at radius 3 is 2.52 bits per heavy atom. The number of hydrogen-bond donors (Lipinski definition) is 2. The Balaban J connectivity index is 1.68. The number of benzene rings is 1. The number of nitrogens with one attached hydrogen (secondary N) is 2. The first-order valence-corrected chi connectivity index (χ1v) is 7.58. The van der Waals surface area contributed by atoms with Gasteiger partial charge in [-0.05, 0) is 43.3 Å². The van der Waals surface area contributed by atoms with E-state index >= 15 is 0 Å². The molecule has 2 amide bonds. The quantitative estimate of drug-likeness (QED) is 0.703. The summed E-state index contributed by atoms with van der Waals surface area (Å²) < 4.78 is 15.0. The van der Waals surface area contributed by atoms with Crippen molar-refractivity contribution in [1.29, 1.82) is 0 Å². The van der Waals surface area contributed by atoms with Crippen LogP contribution >= 0.6 is 0 Å². The lowest BCUT2D eigenvalue weighted by molar-refractivity contribution is -0.146. The van der Waals surface area contributed by atoms with Gasteiger partial charge in [-0.3, -0.25) is 14.4 Å². The summed E-state index contributed by atoms with van der Waals surface area (Å²) in [5.74, 6) is -0.988. The molecule has 0 atom stereocenters. The summed E-state index contributed by atoms with van der Waals surface area (Å²) in [5, 5.41) is 4.90. The van der Waals surface area contributed by atoms with E-state index in [4.69, 9.17) is 13.9 Å². The maximum absolute atomic E-state index is 11.7. The van der Waals surface area contributed by atoms with Crippen LogP contribution in [-0.2, 0) is 14.3 Å². The van der Waals surface area contributed by atoms with Gasteiger partial charge in [0.1, 0.15) is 12.3 Å². The first-order valence-electron chi connectivity index (χ1n) is 7.58. The highest BCUT2D eigenvalue weighted by Crippen LogP contribution is 2.15. The molecule has 1 heterocycles. The van der Waals surface area contributed by atoms with Gasteiger partial charge in [-0.1, -0.05) is 0 Å². The molecule has 2 N–H and O–H groups in total. The molecule has 0 spiro atoms. The summed E-state index contributed by atoms with van der Waals surface area (Å²) in [6.45, 7) is 1.61. The minimum Gasteiger partial charge on any atom is -0.494 e. The molecule has 0 fully saturated rings. The van der Waals surface area contributed by atoms with Crippen molar-refractivity contribution in [2.24, 2.45) is 0 Å². The summed E-state index contributed by atoms with van der Waals surface area (Å²) in [6.07, 6.45) is 1.35. The number of ether oxygens (including phenoxy) is 2. The van der Waals surface area contributed by atoms with E-state index in [1.807, 2.05) is 6.92 Å². The van der Waals surface area contributed by atoms with E-state index in [0.717, 1.165) is 0 Å². The zero-order valence-electron chi connectivity index (χ0n) is 13.6. The molecule has 2 rings (SSSR count). The van der Waals surface area contributed by atoms with E-state index in [1.54, 1.807) is 30.3 Å².